The molecule has 2 aromatic carbocycles. The highest BCUT2D eigenvalue weighted by Gasteiger charge is 2.38. The number of benzene rings is 1. The Hall–Kier alpha value is -2.95. The molecule has 0 radical (unpaired) electrons. The molecule has 5 nitrogen and oxygen atoms in total. The van der Waals surface area contributed by atoms with Crippen molar-refractivity contribution in [1.82, 2.24) is 4.57 Å². The largest absolute Gasteiger partial charge is 0.367 e. The Morgan fingerprint density at radius 2 is 1.71 bits per heavy atom. The van der Waals surface area contributed by atoms with Crippen LogP contribution in [0.25, 0.3) is 11.1 Å². The number of aromatic nitrogens is 1. The summed E-state index contributed by atoms with van der Waals surface area (Å²) >= 11 is 0. The molecular weight excluding hydrogens is 352 g/mol. The summed E-state index contributed by atoms with van der Waals surface area (Å²) in [6, 6.07) is 11.4. The molecule has 1 fully saturated rings. The van der Waals surface area contributed by atoms with Crippen molar-refractivity contribution in [2.75, 3.05) is 18.0 Å². The molecule has 1 aromatic heterocycles. The van der Waals surface area contributed by atoms with Crippen LogP contribution in [0.15, 0.2) is 50.8 Å². The standard InChI is InChI=1S/C23H22N2O3/c1-13-6-7-16(8-14(13)2)20-21(23(28)22(20)27)24-10-15-9-17(12-24)18-4-3-5-19(26)25(18)11-15/h3-8,15,17H,9-12H2,1-2H3. The van der Waals surface area contributed by atoms with Gasteiger partial charge in [0.25, 0.3) is 5.56 Å². The Morgan fingerprint density at radius 3 is 2.50 bits per heavy atom. The predicted octanol–water partition coefficient (Wildman–Crippen LogP) is 2.35. The summed E-state index contributed by atoms with van der Waals surface area (Å²) in [6.07, 6.45) is 1.02. The summed E-state index contributed by atoms with van der Waals surface area (Å²) in [4.78, 5) is 39.2. The fourth-order valence-electron chi connectivity index (χ4n) is 4.93. The van der Waals surface area contributed by atoms with E-state index in [4.69, 9.17) is 0 Å². The van der Waals surface area contributed by atoms with E-state index in [2.05, 4.69) is 4.90 Å². The van der Waals surface area contributed by atoms with E-state index in [0.29, 0.717) is 36.8 Å². The molecule has 2 unspecified atom stereocenters. The third kappa shape index (κ3) is 2.42. The van der Waals surface area contributed by atoms with Crippen LogP contribution in [0.1, 0.15) is 29.2 Å². The van der Waals surface area contributed by atoms with Gasteiger partial charge < -0.3 is 9.47 Å². The van der Waals surface area contributed by atoms with Crippen molar-refractivity contribution in [2.45, 2.75) is 32.7 Å². The first-order valence-electron chi connectivity index (χ1n) is 9.79. The SMILES string of the molecule is Cc1ccc(-c2c(N3CC4CC(C3)c3cccc(=O)n3C4)c(=O)c2=O)cc1C. The molecule has 2 aliphatic rings. The fourth-order valence-corrected chi connectivity index (χ4v) is 4.93. The Kier molecular flexibility index (Phi) is 3.69. The van der Waals surface area contributed by atoms with Crippen LogP contribution in [0.2, 0.25) is 0 Å². The summed E-state index contributed by atoms with van der Waals surface area (Å²) in [5.41, 5.74) is 4.55. The van der Waals surface area contributed by atoms with Gasteiger partial charge >= 0.3 is 0 Å². The number of fused-ring (bicyclic) bond motifs is 4. The van der Waals surface area contributed by atoms with E-state index in [1.54, 1.807) is 6.07 Å². The maximum Gasteiger partial charge on any atom is 0.250 e. The van der Waals surface area contributed by atoms with Gasteiger partial charge in [-0.25, -0.2) is 0 Å². The maximum absolute atomic E-state index is 12.5. The van der Waals surface area contributed by atoms with Crippen LogP contribution < -0.4 is 21.3 Å². The van der Waals surface area contributed by atoms with Gasteiger partial charge in [-0.3, -0.25) is 14.4 Å². The zero-order chi connectivity index (χ0) is 19.6. The van der Waals surface area contributed by atoms with Gasteiger partial charge in [0.2, 0.25) is 10.9 Å². The molecule has 0 saturated carbocycles. The van der Waals surface area contributed by atoms with Crippen molar-refractivity contribution in [3.8, 4) is 11.1 Å². The first-order valence-corrected chi connectivity index (χ1v) is 9.79. The van der Waals surface area contributed by atoms with Gasteiger partial charge in [0.05, 0.1) is 5.56 Å². The maximum atomic E-state index is 12.5. The second-order valence-electron chi connectivity index (χ2n) is 8.28. The van der Waals surface area contributed by atoms with Gasteiger partial charge in [-0.15, -0.1) is 0 Å². The van der Waals surface area contributed by atoms with Crippen LogP contribution >= 0.6 is 0 Å². The van der Waals surface area contributed by atoms with Crippen molar-refractivity contribution >= 4 is 5.69 Å². The van der Waals surface area contributed by atoms with Crippen LogP contribution in [0.3, 0.4) is 0 Å². The van der Waals surface area contributed by atoms with Gasteiger partial charge in [0, 0.05) is 37.3 Å². The minimum atomic E-state index is -0.384. The number of pyridine rings is 1. The molecule has 0 spiro atoms. The number of hydrogen-bond acceptors (Lipinski definition) is 4. The van der Waals surface area contributed by atoms with E-state index >= 15 is 0 Å². The van der Waals surface area contributed by atoms with Crippen molar-refractivity contribution < 1.29 is 0 Å². The van der Waals surface area contributed by atoms with E-state index in [-0.39, 0.29) is 22.3 Å². The van der Waals surface area contributed by atoms with Gasteiger partial charge in [-0.05, 0) is 48.9 Å². The van der Waals surface area contributed by atoms with Gasteiger partial charge in [-0.1, -0.05) is 24.3 Å². The third-order valence-electron chi connectivity index (χ3n) is 6.48. The Morgan fingerprint density at radius 1 is 0.893 bits per heavy atom. The number of hydrogen-bond donors (Lipinski definition) is 0. The summed E-state index contributed by atoms with van der Waals surface area (Å²) in [7, 11) is 0. The van der Waals surface area contributed by atoms with E-state index in [0.717, 1.165) is 23.2 Å². The van der Waals surface area contributed by atoms with Crippen LogP contribution in [-0.2, 0) is 6.54 Å². The second-order valence-corrected chi connectivity index (χ2v) is 8.28. The molecule has 0 amide bonds. The van der Waals surface area contributed by atoms with Crippen molar-refractivity contribution in [3.63, 3.8) is 0 Å². The van der Waals surface area contributed by atoms with Crippen molar-refractivity contribution in [3.05, 3.63) is 84.0 Å². The number of anilines is 1. The Labute approximate surface area is 162 Å². The topological polar surface area (TPSA) is 59.4 Å². The summed E-state index contributed by atoms with van der Waals surface area (Å²) < 4.78 is 1.88. The number of nitrogens with zero attached hydrogens (tertiary/aromatic N) is 2. The van der Waals surface area contributed by atoms with Crippen molar-refractivity contribution in [1.29, 1.82) is 0 Å². The quantitative estimate of drug-likeness (QED) is 0.646. The third-order valence-corrected chi connectivity index (χ3v) is 6.48. The molecule has 0 aliphatic carbocycles. The zero-order valence-corrected chi connectivity index (χ0v) is 16.1. The highest BCUT2D eigenvalue weighted by Crippen LogP contribution is 2.38. The lowest BCUT2D eigenvalue weighted by atomic mass is 9.82. The molecule has 1 saturated heterocycles. The molecule has 5 heteroatoms. The molecule has 2 aliphatic heterocycles. The van der Waals surface area contributed by atoms with E-state index in [9.17, 15) is 14.4 Å². The molecule has 28 heavy (non-hydrogen) atoms. The molecule has 142 valence electrons. The summed E-state index contributed by atoms with van der Waals surface area (Å²) in [5.74, 6) is 0.516. The number of aryl methyl sites for hydroxylation is 2. The van der Waals surface area contributed by atoms with Crippen LogP contribution in [0.5, 0.6) is 0 Å². The van der Waals surface area contributed by atoms with Crippen molar-refractivity contribution in [2.24, 2.45) is 5.92 Å². The minimum Gasteiger partial charge on any atom is -0.367 e. The molecule has 3 heterocycles. The average molecular weight is 374 g/mol. The average Bonchev–Trinajstić information content (AvgIpc) is 2.68. The predicted molar refractivity (Wildman–Crippen MR) is 110 cm³/mol. The molecule has 5 rings (SSSR count). The zero-order valence-electron chi connectivity index (χ0n) is 16.1. The first kappa shape index (κ1) is 17.2. The highest BCUT2D eigenvalue weighted by molar-refractivity contribution is 5.83. The summed E-state index contributed by atoms with van der Waals surface area (Å²) in [6.45, 7) is 6.11. The lowest BCUT2D eigenvalue weighted by Crippen LogP contribution is -2.51. The molecule has 2 bridgehead atoms. The van der Waals surface area contributed by atoms with Crippen LogP contribution in [-0.4, -0.2) is 17.7 Å². The minimum absolute atomic E-state index is 0.0468. The normalized spacial score (nSPS) is 21.0. The summed E-state index contributed by atoms with van der Waals surface area (Å²) in [5, 5.41) is 0. The van der Waals surface area contributed by atoms with E-state index < -0.39 is 0 Å². The van der Waals surface area contributed by atoms with Gasteiger partial charge in [0.1, 0.15) is 5.69 Å². The molecule has 2 atom stereocenters. The van der Waals surface area contributed by atoms with Crippen LogP contribution in [0.4, 0.5) is 5.69 Å². The smallest absolute Gasteiger partial charge is 0.250 e. The van der Waals surface area contributed by atoms with Gasteiger partial charge in [-0.2, -0.15) is 0 Å². The Bertz CT molecular complexity index is 1230. The second kappa shape index (κ2) is 6.03. The monoisotopic (exact) mass is 374 g/mol. The Balaban J connectivity index is 1.55. The lowest BCUT2D eigenvalue weighted by molar-refractivity contribution is 0.281. The molecule has 3 aromatic rings. The number of rotatable bonds is 2. The van der Waals surface area contributed by atoms with Gasteiger partial charge in [0.15, 0.2) is 0 Å². The molecule has 0 N–H and O–H groups in total. The van der Waals surface area contributed by atoms with E-state index in [1.165, 1.54) is 5.56 Å². The first-order chi connectivity index (χ1) is 13.4. The lowest BCUT2D eigenvalue weighted by Gasteiger charge is -2.44. The van der Waals surface area contributed by atoms with E-state index in [1.807, 2.05) is 48.7 Å². The van der Waals surface area contributed by atoms with Crippen LogP contribution in [0, 0.1) is 19.8 Å². The molecular formula is C23H22N2O3. The highest BCUT2D eigenvalue weighted by atomic mass is 16.2. The fraction of sp³-hybridized carbons (Fsp3) is 0.348. The number of piperidine rings is 1.